The lowest BCUT2D eigenvalue weighted by molar-refractivity contribution is -0.295. The zero-order chi connectivity index (χ0) is 44.3. The minimum Gasteiger partial charge on any atom is -0.496 e. The van der Waals surface area contributed by atoms with E-state index in [4.69, 9.17) is 28.4 Å². The highest BCUT2D eigenvalue weighted by Crippen LogP contribution is 2.43. The largest absolute Gasteiger partial charge is 0.496 e. The number of ether oxygens (including phenoxy) is 6. The van der Waals surface area contributed by atoms with E-state index >= 15 is 0 Å². The van der Waals surface area contributed by atoms with Crippen molar-refractivity contribution in [1.29, 1.82) is 0 Å². The molecule has 2 aromatic rings. The van der Waals surface area contributed by atoms with Crippen molar-refractivity contribution in [3.8, 4) is 17.0 Å². The Bertz CT molecular complexity index is 1820. The molecule has 1 aromatic carbocycles. The normalized spacial score (nSPS) is 35.8. The molecule has 60 heavy (non-hydrogen) atoms. The average Bonchev–Trinajstić information content (AvgIpc) is 3.80. The summed E-state index contributed by atoms with van der Waals surface area (Å²) in [5, 5.41) is 11.5. The number of carbonyl (C=O) groups is 4. The van der Waals surface area contributed by atoms with E-state index in [2.05, 4.69) is 4.98 Å². The third-order valence-electron chi connectivity index (χ3n) is 13.2. The highest BCUT2D eigenvalue weighted by molar-refractivity contribution is 6.00. The van der Waals surface area contributed by atoms with Crippen LogP contribution in [-0.4, -0.2) is 137 Å². The van der Waals surface area contributed by atoms with E-state index in [0.29, 0.717) is 25.8 Å². The van der Waals surface area contributed by atoms with Crippen molar-refractivity contribution in [3.05, 3.63) is 36.8 Å². The molecule has 4 heterocycles. The molecule has 0 aliphatic carbocycles. The number of aliphatic hydroxyl groups excluding tert-OH is 1. The summed E-state index contributed by atoms with van der Waals surface area (Å²) >= 11 is 0. The summed E-state index contributed by atoms with van der Waals surface area (Å²) < 4.78 is 38.8. The highest BCUT2D eigenvalue weighted by Gasteiger charge is 2.60. The van der Waals surface area contributed by atoms with Crippen LogP contribution in [-0.2, 0) is 44.6 Å². The summed E-state index contributed by atoms with van der Waals surface area (Å²) in [7, 11) is 6.87. The maximum Gasteiger partial charge on any atom is 0.410 e. The molecule has 3 aliphatic rings. The number of ketones is 2. The number of hydrogen-bond acceptors (Lipinski definition) is 13. The number of unbranched alkanes of at least 4 members (excludes halogenated alkanes) is 1. The fourth-order valence-electron chi connectivity index (χ4n) is 9.76. The number of imidazole rings is 1. The van der Waals surface area contributed by atoms with Crippen LogP contribution in [0.25, 0.3) is 11.3 Å². The number of rotatable bonds is 12. The molecule has 0 unspecified atom stereocenters. The van der Waals surface area contributed by atoms with E-state index in [9.17, 15) is 24.3 Å². The summed E-state index contributed by atoms with van der Waals surface area (Å²) in [6, 6.07) is 6.61. The minimum absolute atomic E-state index is 0.125. The van der Waals surface area contributed by atoms with Crippen molar-refractivity contribution >= 4 is 23.6 Å². The number of Topliss-reactive ketones (excluding diaryl/α,β-unsaturated/α-hetero) is 2. The number of para-hydroxylation sites is 1. The number of amides is 1. The van der Waals surface area contributed by atoms with E-state index in [1.807, 2.05) is 74.8 Å². The first kappa shape index (κ1) is 47.2. The molecule has 13 atom stereocenters. The molecule has 5 rings (SSSR count). The number of hydrogen-bond donors (Lipinski definition) is 1. The molecule has 1 amide bonds. The second-order valence-corrected chi connectivity index (χ2v) is 17.8. The van der Waals surface area contributed by atoms with Crippen LogP contribution in [0.1, 0.15) is 87.5 Å². The molecular formula is C45H68N4O11. The van der Waals surface area contributed by atoms with Crippen LogP contribution in [0.3, 0.4) is 0 Å². The van der Waals surface area contributed by atoms with Gasteiger partial charge in [-0.25, -0.2) is 9.78 Å². The Morgan fingerprint density at radius 3 is 2.30 bits per heavy atom. The summed E-state index contributed by atoms with van der Waals surface area (Å²) in [5.74, 6) is -4.25. The summed E-state index contributed by atoms with van der Waals surface area (Å²) in [6.45, 7) is 14.9. The number of likely N-dealkylation sites (N-methyl/N-ethyl adjacent to an activating group) is 1. The number of methoxy groups -OCH3 is 2. The maximum atomic E-state index is 14.7. The van der Waals surface area contributed by atoms with Crippen LogP contribution >= 0.6 is 0 Å². The van der Waals surface area contributed by atoms with Crippen molar-refractivity contribution < 1.29 is 52.7 Å². The highest BCUT2D eigenvalue weighted by atomic mass is 16.7. The minimum atomic E-state index is -1.41. The van der Waals surface area contributed by atoms with E-state index in [0.717, 1.165) is 17.0 Å². The van der Waals surface area contributed by atoms with Crippen LogP contribution in [0.5, 0.6) is 5.75 Å². The number of cyclic esters (lactones) is 1. The van der Waals surface area contributed by atoms with Gasteiger partial charge >= 0.3 is 12.1 Å². The Balaban J connectivity index is 1.43. The first-order valence-electron chi connectivity index (χ1n) is 21.4. The summed E-state index contributed by atoms with van der Waals surface area (Å²) in [6.07, 6.45) is 0.913. The van der Waals surface area contributed by atoms with Gasteiger partial charge < -0.3 is 47.9 Å². The van der Waals surface area contributed by atoms with Crippen LogP contribution < -0.4 is 4.74 Å². The third kappa shape index (κ3) is 9.60. The van der Waals surface area contributed by atoms with Crippen LogP contribution in [0, 0.1) is 23.7 Å². The molecule has 0 bridgehead atoms. The Morgan fingerprint density at radius 1 is 0.967 bits per heavy atom. The van der Waals surface area contributed by atoms with E-state index in [1.165, 1.54) is 14.0 Å². The molecule has 0 radical (unpaired) electrons. The number of carbonyl (C=O) groups excluding carboxylic acids is 4. The lowest BCUT2D eigenvalue weighted by Crippen LogP contribution is -2.60. The molecule has 15 nitrogen and oxygen atoms in total. The van der Waals surface area contributed by atoms with Crippen molar-refractivity contribution in [1.82, 2.24) is 19.4 Å². The van der Waals surface area contributed by atoms with Crippen LogP contribution in [0.2, 0.25) is 0 Å². The third-order valence-corrected chi connectivity index (χ3v) is 13.2. The standard InChI is InChI=1S/C45H68N4O11/c1-13-35-45(8)39(49(43(54)60-45)21-17-16-20-48-24-32(46-25-48)31-18-14-15-19-34(31)55-11)28(4)36(50)26(2)23-44(7,56-12)40(29(5)37(51)30(6)41(53)58-35)59-42-38(52)33(47(9)10)22-27(3)57-42/h14-15,18-19,24-30,33,35,38-40,42,52H,13,16-17,20-23H2,1-12H3/t26-,27+,28+,29+,30-,33-,35-,38+,39-,40-,42-,44-,45-/m1/s1. The zero-order valence-corrected chi connectivity index (χ0v) is 37.6. The van der Waals surface area contributed by atoms with E-state index in [1.54, 1.807) is 46.0 Å². The van der Waals surface area contributed by atoms with Gasteiger partial charge in [-0.05, 0) is 86.0 Å². The van der Waals surface area contributed by atoms with Gasteiger partial charge in [-0.1, -0.05) is 39.8 Å². The lowest BCUT2D eigenvalue weighted by atomic mass is 9.73. The predicted octanol–water partition coefficient (Wildman–Crippen LogP) is 5.54. The summed E-state index contributed by atoms with van der Waals surface area (Å²) in [4.78, 5) is 65.1. The second-order valence-electron chi connectivity index (χ2n) is 17.8. The molecule has 1 aromatic heterocycles. The molecule has 3 aliphatic heterocycles. The molecule has 0 saturated carbocycles. The van der Waals surface area contributed by atoms with Gasteiger partial charge in [-0.15, -0.1) is 0 Å². The maximum absolute atomic E-state index is 14.7. The summed E-state index contributed by atoms with van der Waals surface area (Å²) in [5.41, 5.74) is -1.01. The number of aliphatic hydroxyl groups is 1. The van der Waals surface area contributed by atoms with Crippen LogP contribution in [0.4, 0.5) is 4.79 Å². The Kier molecular flexibility index (Phi) is 15.3. The molecule has 3 saturated heterocycles. The molecule has 3 fully saturated rings. The molecular weight excluding hydrogens is 773 g/mol. The Labute approximate surface area is 355 Å². The smallest absolute Gasteiger partial charge is 0.410 e. The fourth-order valence-corrected chi connectivity index (χ4v) is 9.76. The number of benzene rings is 1. The van der Waals surface area contributed by atoms with Gasteiger partial charge in [0.15, 0.2) is 17.7 Å². The first-order valence-corrected chi connectivity index (χ1v) is 21.4. The van der Waals surface area contributed by atoms with Gasteiger partial charge in [0, 0.05) is 55.8 Å². The predicted molar refractivity (Wildman–Crippen MR) is 223 cm³/mol. The zero-order valence-electron chi connectivity index (χ0n) is 37.6. The molecule has 15 heteroatoms. The number of aryl methyl sites for hydroxylation is 1. The number of nitrogens with zero attached hydrogens (tertiary/aromatic N) is 4. The van der Waals surface area contributed by atoms with Crippen molar-refractivity contribution in [2.75, 3.05) is 34.9 Å². The molecule has 1 N–H and O–H groups in total. The Hall–Kier alpha value is -3.89. The lowest BCUT2D eigenvalue weighted by Gasteiger charge is -2.47. The van der Waals surface area contributed by atoms with Gasteiger partial charge in [0.1, 0.15) is 29.7 Å². The first-order chi connectivity index (χ1) is 28.3. The van der Waals surface area contributed by atoms with Crippen molar-refractivity contribution in [2.45, 2.75) is 148 Å². The van der Waals surface area contributed by atoms with Crippen LogP contribution in [0.15, 0.2) is 36.8 Å². The van der Waals surface area contributed by atoms with Crippen molar-refractivity contribution in [2.24, 2.45) is 23.7 Å². The fraction of sp³-hybridized carbons (Fsp3) is 0.711. The molecule has 334 valence electrons. The van der Waals surface area contributed by atoms with Crippen molar-refractivity contribution in [3.63, 3.8) is 0 Å². The quantitative estimate of drug-likeness (QED) is 0.161. The number of esters is 1. The average molecular weight is 841 g/mol. The van der Waals surface area contributed by atoms with Gasteiger partial charge in [0.05, 0.1) is 43.0 Å². The number of fused-ring (bicyclic) bond motifs is 1. The SMILES string of the molecule is CC[C@H]1OC(=O)[C@H](C)C(=O)[C@H](C)[C@@H](O[C@H]2O[C@@H](C)C[C@@H](N(C)C)[C@@H]2O)[C@](C)(OC)C[C@@H](C)C(=O)[C@H](C)[C@H]2N(CCCCn3cnc(-c4ccccc4OC)c3)C(=O)O[C@]12C. The van der Waals surface area contributed by atoms with E-state index in [-0.39, 0.29) is 37.3 Å². The van der Waals surface area contributed by atoms with E-state index < -0.39 is 83.4 Å². The Morgan fingerprint density at radius 2 is 1.65 bits per heavy atom. The van der Waals surface area contributed by atoms with Gasteiger partial charge in [-0.2, -0.15) is 0 Å². The number of aromatic nitrogens is 2. The monoisotopic (exact) mass is 840 g/mol. The van der Waals surface area contributed by atoms with Gasteiger partial charge in [0.25, 0.3) is 0 Å². The second kappa shape index (κ2) is 19.4. The molecule has 0 spiro atoms. The van der Waals surface area contributed by atoms with Gasteiger partial charge in [0.2, 0.25) is 0 Å². The van der Waals surface area contributed by atoms with Gasteiger partial charge in [-0.3, -0.25) is 14.4 Å². The topological polar surface area (TPSA) is 168 Å².